The molecule has 0 saturated heterocycles. The highest BCUT2D eigenvalue weighted by Gasteiger charge is 2.37. The molecular weight excluding hydrogens is 296 g/mol. The third-order valence-electron chi connectivity index (χ3n) is 4.69. The Bertz CT molecular complexity index is 785. The van der Waals surface area contributed by atoms with Crippen molar-refractivity contribution < 1.29 is 9.59 Å². The van der Waals surface area contributed by atoms with E-state index in [1.807, 2.05) is 24.3 Å². The predicted molar refractivity (Wildman–Crippen MR) is 97.1 cm³/mol. The summed E-state index contributed by atoms with van der Waals surface area (Å²) >= 11 is 0. The van der Waals surface area contributed by atoms with Gasteiger partial charge < -0.3 is 0 Å². The van der Waals surface area contributed by atoms with E-state index in [4.69, 9.17) is 0 Å². The molecule has 2 aromatic carbocycles. The fraction of sp³-hybridized carbons (Fsp3) is 0.364. The predicted octanol–water partition coefficient (Wildman–Crippen LogP) is 5.06. The summed E-state index contributed by atoms with van der Waals surface area (Å²) < 4.78 is 0. The molecule has 0 radical (unpaired) electrons. The molecule has 0 saturated carbocycles. The zero-order valence-corrected chi connectivity index (χ0v) is 15.3. The van der Waals surface area contributed by atoms with Crippen LogP contribution in [0.3, 0.4) is 0 Å². The van der Waals surface area contributed by atoms with E-state index in [9.17, 15) is 9.59 Å². The van der Waals surface area contributed by atoms with Crippen molar-refractivity contribution in [1.82, 2.24) is 0 Å². The molecule has 0 fully saturated rings. The molecule has 0 aromatic heterocycles. The van der Waals surface area contributed by atoms with Crippen LogP contribution < -0.4 is 0 Å². The second-order valence-electron chi connectivity index (χ2n) is 8.61. The molecule has 0 aliphatic heterocycles. The summed E-state index contributed by atoms with van der Waals surface area (Å²) in [5.74, 6) is -0.0625. The van der Waals surface area contributed by atoms with E-state index in [0.717, 1.165) is 11.1 Å². The third kappa shape index (κ3) is 2.41. The van der Waals surface area contributed by atoms with Crippen LogP contribution in [0.5, 0.6) is 0 Å². The smallest absolute Gasteiger partial charge is 0.194 e. The molecule has 0 unspecified atom stereocenters. The van der Waals surface area contributed by atoms with Crippen LogP contribution in [0.25, 0.3) is 0 Å². The van der Waals surface area contributed by atoms with Crippen molar-refractivity contribution in [2.24, 2.45) is 0 Å². The lowest BCUT2D eigenvalue weighted by atomic mass is 9.72. The van der Waals surface area contributed by atoms with Crippen LogP contribution in [0.4, 0.5) is 0 Å². The topological polar surface area (TPSA) is 34.1 Å². The van der Waals surface area contributed by atoms with Gasteiger partial charge in [0.05, 0.1) is 0 Å². The molecular formula is C22H24O2. The third-order valence-corrected chi connectivity index (χ3v) is 4.69. The monoisotopic (exact) mass is 320 g/mol. The molecule has 124 valence electrons. The van der Waals surface area contributed by atoms with Crippen molar-refractivity contribution in [3.05, 3.63) is 69.8 Å². The molecule has 1 aliphatic carbocycles. The molecule has 2 heteroatoms. The quantitative estimate of drug-likeness (QED) is 0.580. The lowest BCUT2D eigenvalue weighted by Crippen LogP contribution is -2.29. The van der Waals surface area contributed by atoms with Gasteiger partial charge in [0, 0.05) is 22.3 Å². The van der Waals surface area contributed by atoms with Crippen molar-refractivity contribution >= 4 is 11.6 Å². The maximum atomic E-state index is 13.2. The fourth-order valence-electron chi connectivity index (χ4n) is 3.49. The average Bonchev–Trinajstić information content (AvgIpc) is 2.49. The SMILES string of the molecule is CC(C)(C)c1cccc2c1C(=O)c1cccc(C(C)(C)C)c1C2=O. The molecule has 0 amide bonds. The van der Waals surface area contributed by atoms with Gasteiger partial charge in [-0.2, -0.15) is 0 Å². The van der Waals surface area contributed by atoms with Crippen LogP contribution in [0.2, 0.25) is 0 Å². The van der Waals surface area contributed by atoms with Crippen LogP contribution >= 0.6 is 0 Å². The summed E-state index contributed by atoms with van der Waals surface area (Å²) in [6.07, 6.45) is 0. The summed E-state index contributed by atoms with van der Waals surface area (Å²) in [5.41, 5.74) is 3.71. The Labute approximate surface area is 143 Å². The summed E-state index contributed by atoms with van der Waals surface area (Å²) in [6.45, 7) is 12.4. The molecule has 0 atom stereocenters. The van der Waals surface area contributed by atoms with Crippen LogP contribution in [0.1, 0.15) is 84.5 Å². The number of carbonyl (C=O) groups is 2. The van der Waals surface area contributed by atoms with Gasteiger partial charge in [0.25, 0.3) is 0 Å². The molecule has 0 N–H and O–H groups in total. The molecule has 0 bridgehead atoms. The Hall–Kier alpha value is -2.22. The van der Waals surface area contributed by atoms with Crippen molar-refractivity contribution in [3.8, 4) is 0 Å². The zero-order valence-electron chi connectivity index (χ0n) is 15.3. The minimum atomic E-state index is -0.194. The number of fused-ring (bicyclic) bond motifs is 2. The second-order valence-corrected chi connectivity index (χ2v) is 8.61. The summed E-state index contributed by atoms with van der Waals surface area (Å²) in [6, 6.07) is 11.3. The summed E-state index contributed by atoms with van der Waals surface area (Å²) in [5, 5.41) is 0. The van der Waals surface area contributed by atoms with Gasteiger partial charge in [0.2, 0.25) is 0 Å². The molecule has 0 spiro atoms. The Kier molecular flexibility index (Phi) is 3.56. The van der Waals surface area contributed by atoms with E-state index < -0.39 is 0 Å². The highest BCUT2D eigenvalue weighted by Crippen LogP contribution is 2.38. The average molecular weight is 320 g/mol. The minimum absolute atomic E-state index is 0.0313. The van der Waals surface area contributed by atoms with Crippen molar-refractivity contribution in [1.29, 1.82) is 0 Å². The van der Waals surface area contributed by atoms with Crippen LogP contribution in [0.15, 0.2) is 36.4 Å². The van der Waals surface area contributed by atoms with Gasteiger partial charge in [-0.15, -0.1) is 0 Å². The van der Waals surface area contributed by atoms with Gasteiger partial charge in [-0.1, -0.05) is 77.9 Å². The van der Waals surface area contributed by atoms with Gasteiger partial charge in [-0.05, 0) is 22.0 Å². The Balaban J connectivity index is 2.35. The van der Waals surface area contributed by atoms with E-state index in [1.165, 1.54) is 0 Å². The zero-order chi connectivity index (χ0) is 17.9. The lowest BCUT2D eigenvalue weighted by molar-refractivity contribution is 0.0976. The summed E-state index contributed by atoms with van der Waals surface area (Å²) in [7, 11) is 0. The van der Waals surface area contributed by atoms with Gasteiger partial charge >= 0.3 is 0 Å². The van der Waals surface area contributed by atoms with Gasteiger partial charge in [-0.25, -0.2) is 0 Å². The highest BCUT2D eigenvalue weighted by molar-refractivity contribution is 6.29. The Morgan fingerprint density at radius 1 is 0.583 bits per heavy atom. The van der Waals surface area contributed by atoms with Crippen LogP contribution in [-0.2, 0) is 10.8 Å². The van der Waals surface area contributed by atoms with Gasteiger partial charge in [-0.3, -0.25) is 9.59 Å². The maximum Gasteiger partial charge on any atom is 0.194 e. The second kappa shape index (κ2) is 5.14. The molecule has 2 aromatic rings. The number of ketones is 2. The number of hydrogen-bond acceptors (Lipinski definition) is 2. The van der Waals surface area contributed by atoms with Crippen molar-refractivity contribution in [2.75, 3.05) is 0 Å². The molecule has 1 aliphatic rings. The summed E-state index contributed by atoms with van der Waals surface area (Å²) in [4.78, 5) is 26.5. The number of hydrogen-bond donors (Lipinski definition) is 0. The largest absolute Gasteiger partial charge is 0.289 e. The van der Waals surface area contributed by atoms with E-state index in [-0.39, 0.29) is 22.4 Å². The Morgan fingerprint density at radius 2 is 0.917 bits per heavy atom. The van der Waals surface area contributed by atoms with E-state index in [2.05, 4.69) is 41.5 Å². The molecule has 3 rings (SSSR count). The fourth-order valence-corrected chi connectivity index (χ4v) is 3.49. The number of carbonyl (C=O) groups excluding carboxylic acids is 2. The first-order valence-corrected chi connectivity index (χ1v) is 8.40. The first-order chi connectivity index (χ1) is 11.0. The molecule has 2 nitrogen and oxygen atoms in total. The van der Waals surface area contributed by atoms with E-state index >= 15 is 0 Å². The Morgan fingerprint density at radius 3 is 1.21 bits per heavy atom. The minimum Gasteiger partial charge on any atom is -0.289 e. The maximum absolute atomic E-state index is 13.2. The number of rotatable bonds is 0. The van der Waals surface area contributed by atoms with Gasteiger partial charge in [0.1, 0.15) is 0 Å². The lowest BCUT2D eigenvalue weighted by Gasteiger charge is -2.30. The number of benzene rings is 2. The van der Waals surface area contributed by atoms with Crippen LogP contribution in [-0.4, -0.2) is 11.6 Å². The van der Waals surface area contributed by atoms with Crippen LogP contribution in [0, 0.1) is 0 Å². The normalized spacial score (nSPS) is 14.4. The van der Waals surface area contributed by atoms with Crippen molar-refractivity contribution in [3.63, 3.8) is 0 Å². The first kappa shape index (κ1) is 16.6. The van der Waals surface area contributed by atoms with Crippen molar-refractivity contribution in [2.45, 2.75) is 52.4 Å². The highest BCUT2D eigenvalue weighted by atomic mass is 16.1. The van der Waals surface area contributed by atoms with E-state index in [1.54, 1.807) is 12.1 Å². The van der Waals surface area contributed by atoms with Gasteiger partial charge in [0.15, 0.2) is 11.6 Å². The van der Waals surface area contributed by atoms with E-state index in [0.29, 0.717) is 22.3 Å². The molecule has 24 heavy (non-hydrogen) atoms. The molecule has 0 heterocycles. The standard InChI is InChI=1S/C22H24O2/c1-21(2,3)15-11-7-9-13-17(15)19(23)14-10-8-12-16(22(4,5)6)18(14)20(13)24/h7-12H,1-6H3. The first-order valence-electron chi connectivity index (χ1n) is 8.40.